The molecule has 1 aliphatic carbocycles. The van der Waals surface area contributed by atoms with Crippen LogP contribution in [0.2, 0.25) is 0 Å². The van der Waals surface area contributed by atoms with Crippen LogP contribution < -0.4 is 10.6 Å². The summed E-state index contributed by atoms with van der Waals surface area (Å²) in [7, 11) is 0. The van der Waals surface area contributed by atoms with Gasteiger partial charge in [0.05, 0.1) is 17.9 Å². The van der Waals surface area contributed by atoms with E-state index in [2.05, 4.69) is 16.7 Å². The van der Waals surface area contributed by atoms with Crippen molar-refractivity contribution >= 4 is 17.7 Å². The number of rotatable bonds is 3. The second-order valence-electron chi connectivity index (χ2n) is 5.25. The largest absolute Gasteiger partial charge is 0.349 e. The topological polar surface area (TPSA) is 75.3 Å². The minimum atomic E-state index is -0.457. The summed E-state index contributed by atoms with van der Waals surface area (Å²) in [6.07, 6.45) is 3.66. The number of amides is 3. The van der Waals surface area contributed by atoms with Gasteiger partial charge < -0.3 is 5.32 Å². The van der Waals surface area contributed by atoms with Crippen LogP contribution in [0.5, 0.6) is 0 Å². The fourth-order valence-corrected chi connectivity index (χ4v) is 3.26. The third kappa shape index (κ3) is 2.29. The molecule has 104 valence electrons. The Morgan fingerprint density at radius 1 is 1.26 bits per heavy atom. The number of carbonyl (C=O) groups excluding carboxylic acids is 3. The van der Waals surface area contributed by atoms with E-state index in [0.717, 1.165) is 18.4 Å². The fraction of sp³-hybridized carbons (Fsp3) is 0.643. The van der Waals surface area contributed by atoms with Gasteiger partial charge in [0.2, 0.25) is 17.7 Å². The number of fused-ring (bicyclic) bond motifs is 1. The van der Waals surface area contributed by atoms with Crippen molar-refractivity contribution in [3.63, 3.8) is 0 Å². The van der Waals surface area contributed by atoms with Crippen LogP contribution in [0.1, 0.15) is 33.6 Å². The lowest BCUT2D eigenvalue weighted by Gasteiger charge is -2.36. The molecule has 19 heavy (non-hydrogen) atoms. The van der Waals surface area contributed by atoms with Crippen LogP contribution >= 0.6 is 0 Å². The molecule has 3 amide bonds. The third-order valence-electron chi connectivity index (χ3n) is 4.13. The van der Waals surface area contributed by atoms with E-state index in [1.54, 1.807) is 0 Å². The first-order valence-corrected chi connectivity index (χ1v) is 6.82. The van der Waals surface area contributed by atoms with Crippen LogP contribution in [-0.4, -0.2) is 23.8 Å². The Balaban J connectivity index is 2.42. The van der Waals surface area contributed by atoms with Crippen molar-refractivity contribution in [1.82, 2.24) is 10.6 Å². The van der Waals surface area contributed by atoms with Crippen LogP contribution in [-0.2, 0) is 14.4 Å². The first-order valence-electron chi connectivity index (χ1n) is 6.82. The zero-order valence-corrected chi connectivity index (χ0v) is 11.5. The highest BCUT2D eigenvalue weighted by atomic mass is 16.2. The van der Waals surface area contributed by atoms with Crippen molar-refractivity contribution in [1.29, 1.82) is 0 Å². The molecular weight excluding hydrogens is 244 g/mol. The maximum Gasteiger partial charge on any atom is 0.232 e. The van der Waals surface area contributed by atoms with Gasteiger partial charge in [0.1, 0.15) is 0 Å². The van der Waals surface area contributed by atoms with E-state index >= 15 is 0 Å². The molecule has 1 fully saturated rings. The molecule has 4 atom stereocenters. The van der Waals surface area contributed by atoms with Crippen LogP contribution in [0.25, 0.3) is 0 Å². The minimum absolute atomic E-state index is 0.0800. The maximum atomic E-state index is 12.0. The fourth-order valence-electron chi connectivity index (χ4n) is 3.26. The Morgan fingerprint density at radius 3 is 2.42 bits per heavy atom. The van der Waals surface area contributed by atoms with E-state index in [9.17, 15) is 14.4 Å². The van der Waals surface area contributed by atoms with Crippen molar-refractivity contribution in [2.24, 2.45) is 17.8 Å². The van der Waals surface area contributed by atoms with Crippen molar-refractivity contribution in [2.75, 3.05) is 0 Å². The predicted molar refractivity (Wildman–Crippen MR) is 69.9 cm³/mol. The smallest absolute Gasteiger partial charge is 0.232 e. The highest BCUT2D eigenvalue weighted by Gasteiger charge is 2.51. The van der Waals surface area contributed by atoms with Crippen molar-refractivity contribution in [2.45, 2.75) is 39.7 Å². The molecule has 0 aromatic carbocycles. The molecule has 0 radical (unpaired) electrons. The number of hydrogen-bond donors (Lipinski definition) is 2. The lowest BCUT2D eigenvalue weighted by atomic mass is 9.70. The molecule has 0 spiro atoms. The Bertz CT molecular complexity index is 456. The Morgan fingerprint density at radius 2 is 1.89 bits per heavy atom. The lowest BCUT2D eigenvalue weighted by Crippen LogP contribution is -2.49. The number of imide groups is 1. The average molecular weight is 264 g/mol. The zero-order valence-electron chi connectivity index (χ0n) is 11.5. The van der Waals surface area contributed by atoms with Gasteiger partial charge in [0, 0.05) is 6.92 Å². The van der Waals surface area contributed by atoms with Crippen LogP contribution in [0.15, 0.2) is 11.6 Å². The Labute approximate surface area is 112 Å². The molecule has 5 heteroatoms. The summed E-state index contributed by atoms with van der Waals surface area (Å²) in [5, 5.41) is 5.24. The van der Waals surface area contributed by atoms with Gasteiger partial charge in [-0.1, -0.05) is 25.5 Å². The van der Waals surface area contributed by atoms with E-state index in [0.29, 0.717) is 0 Å². The molecule has 5 nitrogen and oxygen atoms in total. The highest BCUT2D eigenvalue weighted by molar-refractivity contribution is 6.06. The molecule has 1 unspecified atom stereocenters. The number of allylic oxidation sites excluding steroid dienone is 1. The molecule has 0 aromatic rings. The van der Waals surface area contributed by atoms with Crippen LogP contribution in [0.3, 0.4) is 0 Å². The van der Waals surface area contributed by atoms with Gasteiger partial charge in [-0.2, -0.15) is 0 Å². The van der Waals surface area contributed by atoms with E-state index in [1.165, 1.54) is 6.92 Å². The first kappa shape index (κ1) is 13.8. The van der Waals surface area contributed by atoms with E-state index < -0.39 is 5.92 Å². The molecule has 0 bridgehead atoms. The zero-order chi connectivity index (χ0) is 14.2. The molecule has 2 rings (SSSR count). The average Bonchev–Trinajstić information content (AvgIpc) is 2.65. The summed E-state index contributed by atoms with van der Waals surface area (Å²) in [6, 6.07) is -0.346. The van der Waals surface area contributed by atoms with Crippen LogP contribution in [0.4, 0.5) is 0 Å². The second kappa shape index (κ2) is 5.15. The molecule has 1 saturated heterocycles. The maximum absolute atomic E-state index is 12.0. The van der Waals surface area contributed by atoms with Gasteiger partial charge in [-0.3, -0.25) is 19.7 Å². The van der Waals surface area contributed by atoms with E-state index in [-0.39, 0.29) is 35.6 Å². The second-order valence-corrected chi connectivity index (χ2v) is 5.25. The number of hydrogen-bond acceptors (Lipinski definition) is 3. The number of nitrogens with one attached hydrogen (secondary N) is 2. The van der Waals surface area contributed by atoms with E-state index in [4.69, 9.17) is 0 Å². The molecular formula is C14H20N2O3. The normalized spacial score (nSPS) is 33.5. The quantitative estimate of drug-likeness (QED) is 0.583. The highest BCUT2D eigenvalue weighted by Crippen LogP contribution is 2.40. The predicted octanol–water partition coefficient (Wildman–Crippen LogP) is 0.756. The van der Waals surface area contributed by atoms with E-state index in [1.807, 2.05) is 13.8 Å². The Hall–Kier alpha value is -1.65. The van der Waals surface area contributed by atoms with Crippen molar-refractivity contribution in [3.05, 3.63) is 11.6 Å². The molecule has 2 N–H and O–H groups in total. The third-order valence-corrected chi connectivity index (χ3v) is 4.13. The van der Waals surface area contributed by atoms with Crippen molar-refractivity contribution < 1.29 is 14.4 Å². The molecule has 2 aliphatic rings. The minimum Gasteiger partial charge on any atom is -0.349 e. The number of carbonyl (C=O) groups is 3. The summed E-state index contributed by atoms with van der Waals surface area (Å²) in [4.78, 5) is 35.3. The summed E-state index contributed by atoms with van der Waals surface area (Å²) in [5.41, 5.74) is 1.05. The molecule has 1 aliphatic heterocycles. The Kier molecular flexibility index (Phi) is 3.73. The first-order chi connectivity index (χ1) is 8.99. The van der Waals surface area contributed by atoms with Crippen LogP contribution in [0, 0.1) is 17.8 Å². The van der Waals surface area contributed by atoms with Gasteiger partial charge >= 0.3 is 0 Å². The summed E-state index contributed by atoms with van der Waals surface area (Å²) >= 11 is 0. The monoisotopic (exact) mass is 264 g/mol. The lowest BCUT2D eigenvalue weighted by molar-refractivity contribution is -0.126. The summed E-state index contributed by atoms with van der Waals surface area (Å²) in [5.74, 6) is -1.36. The summed E-state index contributed by atoms with van der Waals surface area (Å²) in [6.45, 7) is 5.45. The standard InChI is InChI=1S/C14H20N2O3/c1-4-8-6-9(5-2)12(15-7(3)17)11-10(8)13(18)16-14(11)19/h6,8,10-12H,4-5H2,1-3H3,(H,15,17)(H,16,18,19)/t8?,10-,11-,12+/m1/s1. The SMILES string of the molecule is CCC1=CC(CC)[C@H]2C(=O)NC(=O)[C@H]2[C@H]1NC(C)=O. The van der Waals surface area contributed by atoms with Gasteiger partial charge in [0.25, 0.3) is 0 Å². The van der Waals surface area contributed by atoms with Gasteiger partial charge in [-0.05, 0) is 18.8 Å². The van der Waals surface area contributed by atoms with Gasteiger partial charge in [-0.25, -0.2) is 0 Å². The molecule has 0 aromatic heterocycles. The molecule has 1 heterocycles. The van der Waals surface area contributed by atoms with Gasteiger partial charge in [-0.15, -0.1) is 0 Å². The van der Waals surface area contributed by atoms with Gasteiger partial charge in [0.15, 0.2) is 0 Å². The molecule has 0 saturated carbocycles. The van der Waals surface area contributed by atoms with Crippen molar-refractivity contribution in [3.8, 4) is 0 Å². The summed E-state index contributed by atoms with van der Waals surface area (Å²) < 4.78 is 0.